The van der Waals surface area contributed by atoms with Crippen LogP contribution >= 0.6 is 0 Å². The molecule has 5 amide bonds. The van der Waals surface area contributed by atoms with Crippen molar-refractivity contribution in [3.63, 3.8) is 0 Å². The fraction of sp³-hybridized carbons (Fsp3) is 0.733. The number of carbonyl (C=O) groups excluding carboxylic acids is 4. The predicted molar refractivity (Wildman–Crippen MR) is 82.3 cm³/mol. The summed E-state index contributed by atoms with van der Waals surface area (Å²) >= 11 is 0. The molecule has 1 spiro atoms. The molecular formula is C15H24N4O4. The smallest absolute Gasteiger partial charge is 0.325 e. The summed E-state index contributed by atoms with van der Waals surface area (Å²) in [4.78, 5) is 48.9. The molecule has 2 fully saturated rings. The van der Waals surface area contributed by atoms with Gasteiger partial charge in [-0.25, -0.2) is 4.79 Å². The Morgan fingerprint density at radius 3 is 2.65 bits per heavy atom. The quantitative estimate of drug-likeness (QED) is 0.606. The topological polar surface area (TPSA) is 108 Å². The zero-order chi connectivity index (χ0) is 17.0. The van der Waals surface area contributed by atoms with Gasteiger partial charge in [-0.1, -0.05) is 19.8 Å². The minimum Gasteiger partial charge on any atom is -0.355 e. The molecule has 2 unspecified atom stereocenters. The summed E-state index contributed by atoms with van der Waals surface area (Å²) in [5.74, 6) is -1.12. The summed E-state index contributed by atoms with van der Waals surface area (Å²) in [5.41, 5.74) is -0.866. The number of hydrogen-bond acceptors (Lipinski definition) is 4. The minimum atomic E-state index is -0.866. The molecule has 0 aromatic heterocycles. The molecule has 0 aromatic carbocycles. The number of nitrogens with one attached hydrogen (secondary N) is 3. The molecule has 128 valence electrons. The fourth-order valence-corrected chi connectivity index (χ4v) is 3.28. The van der Waals surface area contributed by atoms with E-state index in [1.54, 1.807) is 6.92 Å². The van der Waals surface area contributed by atoms with Gasteiger partial charge in [-0.05, 0) is 25.7 Å². The maximum absolute atomic E-state index is 12.7. The standard InChI is InChI=1S/C15H24N4O4/c1-3-16-11(20)8-17-12(21)9-19-13(22)15(18-14(19)23)7-5-4-6-10(15)2/h10H,3-9H2,1-2H3,(H,16,20)(H,17,21)(H,18,23). The van der Waals surface area contributed by atoms with Crippen LogP contribution in [0.3, 0.4) is 0 Å². The van der Waals surface area contributed by atoms with Crippen LogP contribution in [0.2, 0.25) is 0 Å². The van der Waals surface area contributed by atoms with Gasteiger partial charge in [0.15, 0.2) is 0 Å². The van der Waals surface area contributed by atoms with E-state index in [2.05, 4.69) is 16.0 Å². The summed E-state index contributed by atoms with van der Waals surface area (Å²) in [5, 5.41) is 7.75. The van der Waals surface area contributed by atoms with Crippen LogP contribution < -0.4 is 16.0 Å². The first-order chi connectivity index (χ1) is 10.9. The van der Waals surface area contributed by atoms with Crippen LogP contribution in [0.15, 0.2) is 0 Å². The number of likely N-dealkylation sites (N-methyl/N-ethyl adjacent to an activating group) is 1. The number of rotatable bonds is 5. The second-order valence-electron chi connectivity index (χ2n) is 6.17. The second-order valence-corrected chi connectivity index (χ2v) is 6.17. The Labute approximate surface area is 135 Å². The van der Waals surface area contributed by atoms with E-state index in [0.29, 0.717) is 13.0 Å². The van der Waals surface area contributed by atoms with Crippen molar-refractivity contribution in [2.45, 2.75) is 45.1 Å². The Bertz CT molecular complexity index is 522. The first-order valence-corrected chi connectivity index (χ1v) is 8.08. The van der Waals surface area contributed by atoms with Crippen molar-refractivity contribution in [3.05, 3.63) is 0 Å². The summed E-state index contributed by atoms with van der Waals surface area (Å²) in [6.07, 6.45) is 3.41. The maximum atomic E-state index is 12.7. The number of nitrogens with zero attached hydrogens (tertiary/aromatic N) is 1. The van der Waals surface area contributed by atoms with Gasteiger partial charge in [0, 0.05) is 6.54 Å². The molecule has 8 nitrogen and oxygen atoms in total. The van der Waals surface area contributed by atoms with E-state index >= 15 is 0 Å². The molecule has 0 radical (unpaired) electrons. The van der Waals surface area contributed by atoms with Crippen LogP contribution in [0, 0.1) is 5.92 Å². The Morgan fingerprint density at radius 2 is 2.00 bits per heavy atom. The molecule has 1 aliphatic carbocycles. The van der Waals surface area contributed by atoms with E-state index in [1.165, 1.54) is 0 Å². The summed E-state index contributed by atoms with van der Waals surface area (Å²) in [6, 6.07) is -0.531. The minimum absolute atomic E-state index is 0.0519. The van der Waals surface area contributed by atoms with Crippen molar-refractivity contribution in [2.24, 2.45) is 5.92 Å². The lowest BCUT2D eigenvalue weighted by molar-refractivity contribution is -0.137. The van der Waals surface area contributed by atoms with Crippen molar-refractivity contribution >= 4 is 23.8 Å². The fourth-order valence-electron chi connectivity index (χ4n) is 3.28. The molecule has 1 saturated carbocycles. The van der Waals surface area contributed by atoms with Crippen LogP contribution in [0.1, 0.15) is 39.5 Å². The highest BCUT2D eigenvalue weighted by Crippen LogP contribution is 2.37. The molecule has 2 rings (SSSR count). The van der Waals surface area contributed by atoms with Crippen molar-refractivity contribution in [2.75, 3.05) is 19.6 Å². The normalized spacial score (nSPS) is 27.0. The highest BCUT2D eigenvalue weighted by molar-refractivity contribution is 6.09. The maximum Gasteiger partial charge on any atom is 0.325 e. The SMILES string of the molecule is CCNC(=O)CNC(=O)CN1C(=O)NC2(CCCCC2C)C1=O. The lowest BCUT2D eigenvalue weighted by Gasteiger charge is -2.36. The number of imide groups is 1. The average Bonchev–Trinajstić information content (AvgIpc) is 2.74. The highest BCUT2D eigenvalue weighted by Gasteiger charge is 2.55. The molecule has 2 aliphatic rings. The number of hydrogen-bond donors (Lipinski definition) is 3. The van der Waals surface area contributed by atoms with Crippen molar-refractivity contribution < 1.29 is 19.2 Å². The van der Waals surface area contributed by atoms with Gasteiger partial charge in [0.1, 0.15) is 12.1 Å². The zero-order valence-electron chi connectivity index (χ0n) is 13.6. The summed E-state index contributed by atoms with van der Waals surface area (Å²) in [6.45, 7) is 3.67. The van der Waals surface area contributed by atoms with E-state index in [-0.39, 0.29) is 30.8 Å². The Morgan fingerprint density at radius 1 is 1.26 bits per heavy atom. The average molecular weight is 324 g/mol. The van der Waals surface area contributed by atoms with Gasteiger partial charge in [-0.15, -0.1) is 0 Å². The molecule has 23 heavy (non-hydrogen) atoms. The Hall–Kier alpha value is -2.12. The van der Waals surface area contributed by atoms with E-state index in [0.717, 1.165) is 24.2 Å². The molecule has 1 heterocycles. The van der Waals surface area contributed by atoms with Crippen molar-refractivity contribution in [1.29, 1.82) is 0 Å². The van der Waals surface area contributed by atoms with Gasteiger partial charge >= 0.3 is 6.03 Å². The van der Waals surface area contributed by atoms with Crippen LogP contribution in [-0.2, 0) is 14.4 Å². The van der Waals surface area contributed by atoms with Crippen LogP contribution in [0.4, 0.5) is 4.79 Å². The number of amides is 5. The third-order valence-corrected chi connectivity index (χ3v) is 4.62. The van der Waals surface area contributed by atoms with Crippen LogP contribution in [0.5, 0.6) is 0 Å². The number of urea groups is 1. The van der Waals surface area contributed by atoms with Gasteiger partial charge < -0.3 is 16.0 Å². The van der Waals surface area contributed by atoms with Gasteiger partial charge in [0.05, 0.1) is 6.54 Å². The third-order valence-electron chi connectivity index (χ3n) is 4.62. The van der Waals surface area contributed by atoms with Crippen LogP contribution in [0.25, 0.3) is 0 Å². The lowest BCUT2D eigenvalue weighted by Crippen LogP contribution is -2.54. The van der Waals surface area contributed by atoms with Gasteiger partial charge in [-0.2, -0.15) is 0 Å². The highest BCUT2D eigenvalue weighted by atomic mass is 16.2. The third kappa shape index (κ3) is 3.46. The molecule has 8 heteroatoms. The Balaban J connectivity index is 1.95. The molecule has 1 saturated heterocycles. The van der Waals surface area contributed by atoms with Crippen molar-refractivity contribution in [3.8, 4) is 0 Å². The van der Waals surface area contributed by atoms with E-state index in [1.807, 2.05) is 6.92 Å². The zero-order valence-corrected chi connectivity index (χ0v) is 13.6. The first-order valence-electron chi connectivity index (χ1n) is 8.08. The van der Waals surface area contributed by atoms with E-state index in [9.17, 15) is 19.2 Å². The molecule has 3 N–H and O–H groups in total. The molecule has 0 bridgehead atoms. The molecule has 2 atom stereocenters. The molecule has 0 aromatic rings. The number of carbonyl (C=O) groups is 4. The Kier molecular flexibility index (Phi) is 5.23. The molecule has 1 aliphatic heterocycles. The van der Waals surface area contributed by atoms with Gasteiger partial charge in [0.25, 0.3) is 5.91 Å². The van der Waals surface area contributed by atoms with Crippen LogP contribution in [-0.4, -0.2) is 53.8 Å². The predicted octanol–water partition coefficient (Wildman–Crippen LogP) is -0.261. The molecular weight excluding hydrogens is 300 g/mol. The van der Waals surface area contributed by atoms with E-state index < -0.39 is 17.5 Å². The van der Waals surface area contributed by atoms with Gasteiger partial charge in [0.2, 0.25) is 11.8 Å². The largest absolute Gasteiger partial charge is 0.355 e. The summed E-state index contributed by atoms with van der Waals surface area (Å²) in [7, 11) is 0. The first kappa shape index (κ1) is 17.2. The van der Waals surface area contributed by atoms with Gasteiger partial charge in [-0.3, -0.25) is 19.3 Å². The van der Waals surface area contributed by atoms with E-state index in [4.69, 9.17) is 0 Å². The van der Waals surface area contributed by atoms with Crippen molar-refractivity contribution in [1.82, 2.24) is 20.9 Å². The summed E-state index contributed by atoms with van der Waals surface area (Å²) < 4.78 is 0. The monoisotopic (exact) mass is 324 g/mol. The second kappa shape index (κ2) is 6.97. The lowest BCUT2D eigenvalue weighted by atomic mass is 9.73.